The summed E-state index contributed by atoms with van der Waals surface area (Å²) in [4.78, 5) is 42.4. The molecule has 1 aliphatic carbocycles. The van der Waals surface area contributed by atoms with Crippen molar-refractivity contribution in [2.24, 2.45) is 0 Å². The first kappa shape index (κ1) is 20.8. The number of carbonyl (C=O) groups excluding carboxylic acids is 3. The molecular formula is C22H22N8O3S. The molecule has 3 aliphatic rings. The molecule has 3 aromatic heterocycles. The van der Waals surface area contributed by atoms with Crippen LogP contribution in [0.2, 0.25) is 0 Å². The van der Waals surface area contributed by atoms with Gasteiger partial charge < -0.3 is 21.3 Å². The van der Waals surface area contributed by atoms with Gasteiger partial charge in [0.2, 0.25) is 0 Å². The van der Waals surface area contributed by atoms with E-state index in [4.69, 9.17) is 4.98 Å². The maximum atomic E-state index is 12.7. The molecule has 0 spiro atoms. The van der Waals surface area contributed by atoms with Gasteiger partial charge in [-0.2, -0.15) is 9.61 Å². The number of hydrogen-bond donors (Lipinski definition) is 5. The molecule has 12 heteroatoms. The Balaban J connectivity index is 1.36. The van der Waals surface area contributed by atoms with Crippen LogP contribution in [-0.2, 0) is 4.79 Å². The minimum atomic E-state index is -0.560. The van der Waals surface area contributed by atoms with Gasteiger partial charge in [-0.1, -0.05) is 0 Å². The molecular weight excluding hydrogens is 456 g/mol. The van der Waals surface area contributed by atoms with Crippen molar-refractivity contribution >= 4 is 46.7 Å². The highest BCUT2D eigenvalue weighted by molar-refractivity contribution is 7.17. The van der Waals surface area contributed by atoms with Crippen LogP contribution in [0.25, 0.3) is 22.3 Å². The van der Waals surface area contributed by atoms with E-state index in [1.807, 2.05) is 18.2 Å². The molecule has 5 N–H and O–H groups in total. The molecule has 0 bridgehead atoms. The summed E-state index contributed by atoms with van der Waals surface area (Å²) in [5, 5.41) is 18.9. The summed E-state index contributed by atoms with van der Waals surface area (Å²) in [5.41, 5.74) is 1.97. The summed E-state index contributed by atoms with van der Waals surface area (Å²) in [6, 6.07) is 5.61. The van der Waals surface area contributed by atoms with Crippen molar-refractivity contribution in [2.45, 2.75) is 31.3 Å². The molecule has 3 fully saturated rings. The van der Waals surface area contributed by atoms with Crippen LogP contribution in [0.4, 0.5) is 10.6 Å². The maximum Gasteiger partial charge on any atom is 0.326 e. The van der Waals surface area contributed by atoms with E-state index in [2.05, 4.69) is 31.7 Å². The predicted octanol–water partition coefficient (Wildman–Crippen LogP) is 1.30. The summed E-state index contributed by atoms with van der Waals surface area (Å²) >= 11 is 1.38. The number of imide groups is 1. The third-order valence-electron chi connectivity index (χ3n) is 5.93. The highest BCUT2D eigenvalue weighted by atomic mass is 32.1. The molecule has 3 aromatic rings. The Bertz CT molecular complexity index is 1350. The second-order valence-corrected chi connectivity index (χ2v) is 9.66. The van der Waals surface area contributed by atoms with E-state index in [0.717, 1.165) is 43.0 Å². The third-order valence-corrected chi connectivity index (χ3v) is 7.03. The van der Waals surface area contributed by atoms with E-state index in [9.17, 15) is 14.4 Å². The molecule has 6 rings (SSSR count). The van der Waals surface area contributed by atoms with Crippen molar-refractivity contribution in [1.29, 1.82) is 0 Å². The Labute approximate surface area is 198 Å². The molecule has 2 aliphatic heterocycles. The highest BCUT2D eigenvalue weighted by Gasteiger charge is 2.26. The van der Waals surface area contributed by atoms with E-state index >= 15 is 0 Å². The van der Waals surface area contributed by atoms with Gasteiger partial charge in [-0.25, -0.2) is 9.78 Å². The number of anilines is 1. The number of rotatable bonds is 6. The molecule has 0 aromatic carbocycles. The molecule has 174 valence electrons. The first-order valence-corrected chi connectivity index (χ1v) is 12.0. The van der Waals surface area contributed by atoms with Gasteiger partial charge in [0.05, 0.1) is 21.6 Å². The Kier molecular flexibility index (Phi) is 5.03. The number of carbonyl (C=O) groups is 3. The highest BCUT2D eigenvalue weighted by Crippen LogP contribution is 2.32. The zero-order valence-corrected chi connectivity index (χ0v) is 18.9. The van der Waals surface area contributed by atoms with Gasteiger partial charge in [0, 0.05) is 30.3 Å². The molecule has 4 amide bonds. The average molecular weight is 479 g/mol. The largest absolute Gasteiger partial charge is 0.367 e. The normalized spacial score (nSPS) is 21.2. The summed E-state index contributed by atoms with van der Waals surface area (Å²) < 4.78 is 1.69. The lowest BCUT2D eigenvalue weighted by Crippen LogP contribution is -2.35. The van der Waals surface area contributed by atoms with Gasteiger partial charge in [0.15, 0.2) is 5.65 Å². The fraction of sp³-hybridized carbons (Fsp3) is 0.318. The number of nitrogens with zero attached hydrogens (tertiary/aromatic N) is 3. The van der Waals surface area contributed by atoms with Gasteiger partial charge in [-0.3, -0.25) is 14.9 Å². The summed E-state index contributed by atoms with van der Waals surface area (Å²) in [6.45, 7) is 1.70. The van der Waals surface area contributed by atoms with Crippen molar-refractivity contribution in [3.05, 3.63) is 40.5 Å². The lowest BCUT2D eigenvalue weighted by atomic mass is 10.2. The van der Waals surface area contributed by atoms with E-state index in [1.165, 1.54) is 11.3 Å². The molecule has 1 atom stereocenters. The van der Waals surface area contributed by atoms with Crippen LogP contribution in [0, 0.1) is 0 Å². The van der Waals surface area contributed by atoms with Crippen LogP contribution in [0.3, 0.4) is 0 Å². The zero-order chi connectivity index (χ0) is 23.2. The third kappa shape index (κ3) is 4.01. The first-order valence-electron chi connectivity index (χ1n) is 11.1. The fourth-order valence-corrected chi connectivity index (χ4v) is 4.89. The number of fused-ring (bicyclic) bond motifs is 1. The van der Waals surface area contributed by atoms with Gasteiger partial charge in [-0.05, 0) is 44.0 Å². The van der Waals surface area contributed by atoms with E-state index in [0.29, 0.717) is 27.8 Å². The lowest BCUT2D eigenvalue weighted by molar-refractivity contribution is -0.115. The smallest absolute Gasteiger partial charge is 0.326 e. The monoisotopic (exact) mass is 478 g/mol. The van der Waals surface area contributed by atoms with Crippen LogP contribution in [-0.4, -0.2) is 57.6 Å². The van der Waals surface area contributed by atoms with Crippen molar-refractivity contribution < 1.29 is 14.4 Å². The Morgan fingerprint density at radius 3 is 2.79 bits per heavy atom. The number of amides is 4. The van der Waals surface area contributed by atoms with Gasteiger partial charge >= 0.3 is 6.03 Å². The maximum absolute atomic E-state index is 12.7. The number of urea groups is 1. The Hall–Kier alpha value is -3.77. The summed E-state index contributed by atoms with van der Waals surface area (Å²) in [7, 11) is 0. The van der Waals surface area contributed by atoms with Gasteiger partial charge in [0.1, 0.15) is 11.5 Å². The van der Waals surface area contributed by atoms with E-state index in [-0.39, 0.29) is 17.6 Å². The molecule has 11 nitrogen and oxygen atoms in total. The predicted molar refractivity (Wildman–Crippen MR) is 126 cm³/mol. The van der Waals surface area contributed by atoms with E-state index in [1.54, 1.807) is 16.8 Å². The number of nitrogens with one attached hydrogen (secondary N) is 5. The van der Waals surface area contributed by atoms with Gasteiger partial charge in [-0.15, -0.1) is 11.3 Å². The molecule has 1 unspecified atom stereocenters. The SMILES string of the molecule is O=C1NC(=O)/C(=C/c2cnn3c(NC4CC4)cc(-c4ccc(C(=O)NC5CCNC5)s4)nc23)N1. The standard InChI is InChI=1S/C22H22N8O3S/c31-20-15(28-22(33)29-20)7-11-9-24-30-18(25-12-1-2-12)8-14(27-19(11)30)16-3-4-17(34-16)21(32)26-13-5-6-23-10-13/h3-4,7-9,12-13,23,25H,1-2,5-6,10H2,(H,26,32)(H2,28,29,31,33)/b15-7-. The number of aromatic nitrogens is 3. The zero-order valence-electron chi connectivity index (χ0n) is 18.1. The molecule has 0 radical (unpaired) electrons. The van der Waals surface area contributed by atoms with Crippen molar-refractivity contribution in [2.75, 3.05) is 18.4 Å². The lowest BCUT2D eigenvalue weighted by Gasteiger charge is -2.10. The van der Waals surface area contributed by atoms with Gasteiger partial charge in [0.25, 0.3) is 11.8 Å². The van der Waals surface area contributed by atoms with Crippen LogP contribution >= 0.6 is 11.3 Å². The average Bonchev–Trinajstić information content (AvgIpc) is 3.24. The van der Waals surface area contributed by atoms with Crippen LogP contribution < -0.4 is 26.6 Å². The van der Waals surface area contributed by atoms with E-state index < -0.39 is 11.9 Å². The number of thiophene rings is 1. The topological polar surface area (TPSA) is 142 Å². The molecule has 5 heterocycles. The minimum Gasteiger partial charge on any atom is -0.367 e. The number of hydrogen-bond acceptors (Lipinski definition) is 8. The summed E-state index contributed by atoms with van der Waals surface area (Å²) in [5.74, 6) is 0.201. The first-order chi connectivity index (χ1) is 16.5. The molecule has 1 saturated carbocycles. The van der Waals surface area contributed by atoms with Crippen LogP contribution in [0.5, 0.6) is 0 Å². The second kappa shape index (κ2) is 8.22. The fourth-order valence-electron chi connectivity index (χ4n) is 4.02. The van der Waals surface area contributed by atoms with Crippen molar-refractivity contribution in [1.82, 2.24) is 35.9 Å². The van der Waals surface area contributed by atoms with Crippen molar-refractivity contribution in [3.63, 3.8) is 0 Å². The second-order valence-electron chi connectivity index (χ2n) is 8.57. The Morgan fingerprint density at radius 2 is 2.06 bits per heavy atom. The molecule has 34 heavy (non-hydrogen) atoms. The summed E-state index contributed by atoms with van der Waals surface area (Å²) in [6.07, 6.45) is 6.27. The quantitative estimate of drug-likeness (QED) is 0.266. The van der Waals surface area contributed by atoms with Crippen molar-refractivity contribution in [3.8, 4) is 10.6 Å². The van der Waals surface area contributed by atoms with Crippen LogP contribution in [0.1, 0.15) is 34.5 Å². The molecule has 2 saturated heterocycles. The minimum absolute atomic E-state index is 0.0832. The Morgan fingerprint density at radius 1 is 1.18 bits per heavy atom. The van der Waals surface area contributed by atoms with Crippen LogP contribution in [0.15, 0.2) is 30.1 Å².